The Labute approximate surface area is 119 Å². The molecular weight excluding hydrogens is 254 g/mol. The fourth-order valence-electron chi connectivity index (χ4n) is 3.03. The van der Waals surface area contributed by atoms with Gasteiger partial charge in [0.1, 0.15) is 11.3 Å². The van der Waals surface area contributed by atoms with Gasteiger partial charge < -0.3 is 14.7 Å². The Balaban J connectivity index is 1.74. The number of rotatable bonds is 4. The molecule has 0 aromatic carbocycles. The van der Waals surface area contributed by atoms with Crippen LogP contribution in [0.3, 0.4) is 0 Å². The molecule has 0 radical (unpaired) electrons. The van der Waals surface area contributed by atoms with Crippen LogP contribution >= 0.6 is 0 Å². The first-order valence-electron chi connectivity index (χ1n) is 7.64. The summed E-state index contributed by atoms with van der Waals surface area (Å²) in [4.78, 5) is 14.8. The van der Waals surface area contributed by atoms with E-state index in [1.54, 1.807) is 0 Å². The van der Waals surface area contributed by atoms with Crippen LogP contribution in [-0.2, 0) is 0 Å². The molecule has 5 heteroatoms. The highest BCUT2D eigenvalue weighted by molar-refractivity contribution is 5.96. The molecule has 1 N–H and O–H groups in total. The number of hydrogen-bond acceptors (Lipinski definition) is 4. The van der Waals surface area contributed by atoms with Gasteiger partial charge in [0.25, 0.3) is 5.91 Å². The Bertz CT molecular complexity index is 468. The smallest absolute Gasteiger partial charge is 0.259 e. The van der Waals surface area contributed by atoms with Gasteiger partial charge in [-0.2, -0.15) is 0 Å². The number of amides is 1. The van der Waals surface area contributed by atoms with Crippen LogP contribution in [0.1, 0.15) is 53.9 Å². The molecule has 20 heavy (non-hydrogen) atoms. The highest BCUT2D eigenvalue weighted by Crippen LogP contribution is 2.30. The minimum Gasteiger partial charge on any atom is -0.361 e. The Morgan fingerprint density at radius 3 is 2.70 bits per heavy atom. The van der Waals surface area contributed by atoms with Crippen LogP contribution in [0.25, 0.3) is 0 Å². The third kappa shape index (κ3) is 2.73. The third-order valence-electron chi connectivity index (χ3n) is 4.33. The van der Waals surface area contributed by atoms with E-state index in [0.717, 1.165) is 32.4 Å². The van der Waals surface area contributed by atoms with Crippen LogP contribution < -0.4 is 5.32 Å². The summed E-state index contributed by atoms with van der Waals surface area (Å²) in [5, 5.41) is 7.44. The molecule has 1 aromatic rings. The van der Waals surface area contributed by atoms with Crippen molar-refractivity contribution in [2.24, 2.45) is 0 Å². The third-order valence-corrected chi connectivity index (χ3v) is 4.33. The predicted molar refractivity (Wildman–Crippen MR) is 75.7 cm³/mol. The van der Waals surface area contributed by atoms with Gasteiger partial charge in [-0.05, 0) is 46.1 Å². The van der Waals surface area contributed by atoms with E-state index in [2.05, 4.69) is 10.5 Å². The highest BCUT2D eigenvalue weighted by atomic mass is 16.5. The van der Waals surface area contributed by atoms with Gasteiger partial charge in [-0.3, -0.25) is 4.79 Å². The second-order valence-corrected chi connectivity index (χ2v) is 6.03. The van der Waals surface area contributed by atoms with Crippen molar-refractivity contribution in [1.29, 1.82) is 0 Å². The molecular formula is C15H23N3O2. The van der Waals surface area contributed by atoms with E-state index < -0.39 is 0 Å². The highest BCUT2D eigenvalue weighted by Gasteiger charge is 2.36. The molecule has 1 amide bonds. The molecule has 1 aromatic heterocycles. The van der Waals surface area contributed by atoms with Crippen LogP contribution in [0, 0.1) is 13.8 Å². The average Bonchev–Trinajstić information content (AvgIpc) is 3.23. The van der Waals surface area contributed by atoms with Crippen molar-refractivity contribution in [3.63, 3.8) is 0 Å². The largest absolute Gasteiger partial charge is 0.361 e. The molecule has 1 atom stereocenters. The Morgan fingerprint density at radius 2 is 2.15 bits per heavy atom. The van der Waals surface area contributed by atoms with E-state index >= 15 is 0 Å². The van der Waals surface area contributed by atoms with E-state index in [4.69, 9.17) is 4.52 Å². The zero-order valence-electron chi connectivity index (χ0n) is 12.3. The normalized spacial score (nSPS) is 22.8. The van der Waals surface area contributed by atoms with Crippen molar-refractivity contribution in [2.45, 2.75) is 58.0 Å². The summed E-state index contributed by atoms with van der Waals surface area (Å²) in [6, 6.07) is 0.855. The Kier molecular flexibility index (Phi) is 3.78. The first kappa shape index (κ1) is 13.6. The average molecular weight is 277 g/mol. The number of aromatic nitrogens is 1. The predicted octanol–water partition coefficient (Wildman–Crippen LogP) is 2.04. The van der Waals surface area contributed by atoms with Crippen molar-refractivity contribution in [1.82, 2.24) is 15.4 Å². The van der Waals surface area contributed by atoms with Crippen molar-refractivity contribution in [3.8, 4) is 0 Å². The van der Waals surface area contributed by atoms with Gasteiger partial charge in [0, 0.05) is 18.6 Å². The summed E-state index contributed by atoms with van der Waals surface area (Å²) in [7, 11) is 0. The lowest BCUT2D eigenvalue weighted by molar-refractivity contribution is 0.0715. The standard InChI is InChI=1S/C15H23N3O2/c1-10-14(11(2)20-17-10)15(19)18(13-6-7-13)9-12-5-3-4-8-16-12/h12-13,16H,3-9H2,1-2H3. The fraction of sp³-hybridized carbons (Fsp3) is 0.733. The topological polar surface area (TPSA) is 58.4 Å². The van der Waals surface area contributed by atoms with Crippen LogP contribution in [0.4, 0.5) is 0 Å². The van der Waals surface area contributed by atoms with Crippen LogP contribution in [0.15, 0.2) is 4.52 Å². The maximum Gasteiger partial charge on any atom is 0.259 e. The van der Waals surface area contributed by atoms with E-state index in [9.17, 15) is 4.79 Å². The Morgan fingerprint density at radius 1 is 1.35 bits per heavy atom. The molecule has 2 aliphatic rings. The van der Waals surface area contributed by atoms with E-state index in [-0.39, 0.29) is 5.91 Å². The van der Waals surface area contributed by atoms with Crippen LogP contribution in [-0.4, -0.2) is 41.1 Å². The van der Waals surface area contributed by atoms with Gasteiger partial charge in [-0.25, -0.2) is 0 Å². The first-order valence-corrected chi connectivity index (χ1v) is 7.64. The summed E-state index contributed by atoms with van der Waals surface area (Å²) >= 11 is 0. The summed E-state index contributed by atoms with van der Waals surface area (Å²) in [5.41, 5.74) is 1.36. The zero-order chi connectivity index (χ0) is 14.1. The van der Waals surface area contributed by atoms with Gasteiger partial charge in [-0.1, -0.05) is 11.6 Å². The lowest BCUT2D eigenvalue weighted by Crippen LogP contribution is -2.46. The second-order valence-electron chi connectivity index (χ2n) is 6.03. The van der Waals surface area contributed by atoms with Crippen molar-refractivity contribution >= 4 is 5.91 Å². The van der Waals surface area contributed by atoms with E-state index in [1.807, 2.05) is 18.7 Å². The number of carbonyl (C=O) groups is 1. The number of carbonyl (C=O) groups excluding carboxylic acids is 1. The number of aryl methyl sites for hydroxylation is 2. The maximum absolute atomic E-state index is 12.8. The summed E-state index contributed by atoms with van der Waals surface area (Å²) in [6.45, 7) is 5.54. The second kappa shape index (κ2) is 5.56. The fourth-order valence-corrected chi connectivity index (χ4v) is 3.03. The lowest BCUT2D eigenvalue weighted by Gasteiger charge is -2.30. The SMILES string of the molecule is Cc1noc(C)c1C(=O)N(CC1CCCCN1)C1CC1. The molecule has 110 valence electrons. The Hall–Kier alpha value is -1.36. The molecule has 1 saturated carbocycles. The molecule has 2 fully saturated rings. The molecule has 1 aliphatic carbocycles. The molecule has 1 saturated heterocycles. The monoisotopic (exact) mass is 277 g/mol. The first-order chi connectivity index (χ1) is 9.66. The lowest BCUT2D eigenvalue weighted by atomic mass is 10.0. The number of nitrogens with one attached hydrogen (secondary N) is 1. The van der Waals surface area contributed by atoms with E-state index in [0.29, 0.717) is 29.1 Å². The quantitative estimate of drug-likeness (QED) is 0.915. The van der Waals surface area contributed by atoms with Crippen LogP contribution in [0.5, 0.6) is 0 Å². The number of piperidine rings is 1. The summed E-state index contributed by atoms with van der Waals surface area (Å²) < 4.78 is 5.14. The van der Waals surface area contributed by atoms with Gasteiger partial charge in [0.15, 0.2) is 0 Å². The molecule has 0 spiro atoms. The zero-order valence-corrected chi connectivity index (χ0v) is 12.3. The van der Waals surface area contributed by atoms with Crippen molar-refractivity contribution in [3.05, 3.63) is 17.0 Å². The molecule has 0 bridgehead atoms. The molecule has 1 aliphatic heterocycles. The van der Waals surface area contributed by atoms with Crippen molar-refractivity contribution in [2.75, 3.05) is 13.1 Å². The van der Waals surface area contributed by atoms with Crippen molar-refractivity contribution < 1.29 is 9.32 Å². The molecule has 5 nitrogen and oxygen atoms in total. The molecule has 2 heterocycles. The molecule has 1 unspecified atom stereocenters. The number of hydrogen-bond donors (Lipinski definition) is 1. The molecule has 3 rings (SSSR count). The minimum absolute atomic E-state index is 0.0936. The van der Waals surface area contributed by atoms with Gasteiger partial charge in [0.2, 0.25) is 0 Å². The summed E-state index contributed by atoms with van der Waals surface area (Å²) in [5.74, 6) is 0.728. The van der Waals surface area contributed by atoms with Gasteiger partial charge in [-0.15, -0.1) is 0 Å². The number of nitrogens with zero attached hydrogens (tertiary/aromatic N) is 2. The van der Waals surface area contributed by atoms with Gasteiger partial charge in [0.05, 0.1) is 5.69 Å². The summed E-state index contributed by atoms with van der Waals surface area (Å²) in [6.07, 6.45) is 5.93. The maximum atomic E-state index is 12.8. The minimum atomic E-state index is 0.0936. The van der Waals surface area contributed by atoms with Gasteiger partial charge >= 0.3 is 0 Å². The van der Waals surface area contributed by atoms with Crippen LogP contribution in [0.2, 0.25) is 0 Å². The van der Waals surface area contributed by atoms with E-state index in [1.165, 1.54) is 12.8 Å².